The summed E-state index contributed by atoms with van der Waals surface area (Å²) in [5.74, 6) is 0.769. The zero-order chi connectivity index (χ0) is 14.9. The summed E-state index contributed by atoms with van der Waals surface area (Å²) in [6.07, 6.45) is 2.93. The van der Waals surface area contributed by atoms with Gasteiger partial charge in [0, 0.05) is 19.7 Å². The van der Waals surface area contributed by atoms with Gasteiger partial charge < -0.3 is 20.1 Å². The molecule has 2 N–H and O–H groups in total. The fraction of sp³-hybridized carbons (Fsp3) is 0.562. The predicted octanol–water partition coefficient (Wildman–Crippen LogP) is 1.84. The van der Waals surface area contributed by atoms with Gasteiger partial charge in [0.15, 0.2) is 6.61 Å². The molecular weight excluding hydrogens is 304 g/mol. The van der Waals surface area contributed by atoms with E-state index in [1.165, 1.54) is 0 Å². The smallest absolute Gasteiger partial charge is 0.260 e. The van der Waals surface area contributed by atoms with E-state index in [0.717, 1.165) is 38.1 Å². The van der Waals surface area contributed by atoms with Gasteiger partial charge in [-0.3, -0.25) is 4.79 Å². The molecule has 0 saturated carbocycles. The molecule has 6 heteroatoms. The van der Waals surface area contributed by atoms with Crippen molar-refractivity contribution in [3.05, 3.63) is 30.3 Å². The number of piperidine rings is 1. The highest BCUT2D eigenvalue weighted by Crippen LogP contribution is 2.15. The molecule has 124 valence electrons. The van der Waals surface area contributed by atoms with E-state index in [9.17, 15) is 4.79 Å². The van der Waals surface area contributed by atoms with Crippen molar-refractivity contribution in [1.82, 2.24) is 4.90 Å². The number of amides is 1. The number of carbonyl (C=O) groups is 1. The van der Waals surface area contributed by atoms with E-state index in [2.05, 4.69) is 0 Å². The highest BCUT2D eigenvalue weighted by Gasteiger charge is 2.23. The van der Waals surface area contributed by atoms with Crippen molar-refractivity contribution in [1.29, 1.82) is 0 Å². The van der Waals surface area contributed by atoms with Crippen LogP contribution < -0.4 is 10.5 Å². The average molecular weight is 329 g/mol. The van der Waals surface area contributed by atoms with Crippen molar-refractivity contribution in [2.24, 2.45) is 5.73 Å². The van der Waals surface area contributed by atoms with Gasteiger partial charge in [0.25, 0.3) is 5.91 Å². The van der Waals surface area contributed by atoms with Crippen LogP contribution in [-0.4, -0.2) is 49.8 Å². The second-order valence-electron chi connectivity index (χ2n) is 5.19. The average Bonchev–Trinajstić information content (AvgIpc) is 2.54. The normalized spacial score (nSPS) is 15.2. The van der Waals surface area contributed by atoms with Crippen molar-refractivity contribution < 1.29 is 14.3 Å². The van der Waals surface area contributed by atoms with Crippen molar-refractivity contribution >= 4 is 18.3 Å². The minimum atomic E-state index is 0. The Bertz CT molecular complexity index is 423. The SMILES string of the molecule is Cl.NCCCOC1CCN(C(=O)COc2ccccc2)CC1. The Kier molecular flexibility index (Phi) is 8.89. The van der Waals surface area contributed by atoms with Gasteiger partial charge in [-0.1, -0.05) is 18.2 Å². The molecule has 1 aliphatic rings. The highest BCUT2D eigenvalue weighted by atomic mass is 35.5. The molecular formula is C16H25ClN2O3. The zero-order valence-corrected chi connectivity index (χ0v) is 13.6. The lowest BCUT2D eigenvalue weighted by molar-refractivity contribution is -0.136. The van der Waals surface area contributed by atoms with Gasteiger partial charge in [-0.2, -0.15) is 0 Å². The molecule has 2 rings (SSSR count). The Morgan fingerprint density at radius 2 is 1.91 bits per heavy atom. The lowest BCUT2D eigenvalue weighted by atomic mass is 10.1. The van der Waals surface area contributed by atoms with Crippen LogP contribution >= 0.6 is 12.4 Å². The summed E-state index contributed by atoms with van der Waals surface area (Å²) in [5, 5.41) is 0. The maximum atomic E-state index is 12.1. The second-order valence-corrected chi connectivity index (χ2v) is 5.19. The van der Waals surface area contributed by atoms with Gasteiger partial charge in [-0.05, 0) is 37.9 Å². The number of nitrogens with two attached hydrogens (primary N) is 1. The van der Waals surface area contributed by atoms with Crippen molar-refractivity contribution in [3.63, 3.8) is 0 Å². The predicted molar refractivity (Wildman–Crippen MR) is 88.4 cm³/mol. The van der Waals surface area contributed by atoms with Crippen LogP contribution in [0.15, 0.2) is 30.3 Å². The Balaban J connectivity index is 0.00000242. The third kappa shape index (κ3) is 6.22. The molecule has 0 spiro atoms. The van der Waals surface area contributed by atoms with Crippen LogP contribution in [0, 0.1) is 0 Å². The number of rotatable bonds is 7. The first-order chi connectivity index (χ1) is 10.3. The molecule has 0 unspecified atom stereocenters. The van der Waals surface area contributed by atoms with E-state index in [0.29, 0.717) is 13.2 Å². The van der Waals surface area contributed by atoms with Crippen molar-refractivity contribution in [2.75, 3.05) is 32.8 Å². The number of nitrogens with zero attached hydrogens (tertiary/aromatic N) is 1. The van der Waals surface area contributed by atoms with E-state index in [4.69, 9.17) is 15.2 Å². The maximum absolute atomic E-state index is 12.1. The quantitative estimate of drug-likeness (QED) is 0.776. The topological polar surface area (TPSA) is 64.8 Å². The molecule has 1 amide bonds. The molecule has 22 heavy (non-hydrogen) atoms. The molecule has 0 aromatic heterocycles. The summed E-state index contributed by atoms with van der Waals surface area (Å²) < 4.78 is 11.2. The Labute approximate surface area is 138 Å². The van der Waals surface area contributed by atoms with Crippen LogP contribution in [-0.2, 0) is 9.53 Å². The third-order valence-electron chi connectivity index (χ3n) is 3.60. The number of likely N-dealkylation sites (tertiary alicyclic amines) is 1. The summed E-state index contributed by atoms with van der Waals surface area (Å²) in [4.78, 5) is 13.9. The molecule has 0 atom stereocenters. The Morgan fingerprint density at radius 1 is 1.23 bits per heavy atom. The van der Waals surface area contributed by atoms with E-state index in [1.807, 2.05) is 35.2 Å². The highest BCUT2D eigenvalue weighted by molar-refractivity contribution is 5.85. The van der Waals surface area contributed by atoms with Crippen molar-refractivity contribution in [2.45, 2.75) is 25.4 Å². The first kappa shape index (κ1) is 18.7. The molecule has 1 heterocycles. The monoisotopic (exact) mass is 328 g/mol. The number of hydrogen-bond acceptors (Lipinski definition) is 4. The number of halogens is 1. The summed E-state index contributed by atoms with van der Waals surface area (Å²) in [6.45, 7) is 2.96. The fourth-order valence-electron chi connectivity index (χ4n) is 2.36. The standard InChI is InChI=1S/C16H24N2O3.ClH/c17-9-4-12-20-15-7-10-18(11-8-15)16(19)13-21-14-5-2-1-3-6-14;/h1-3,5-6,15H,4,7-13,17H2;1H. The number of hydrogen-bond donors (Lipinski definition) is 1. The van der Waals surface area contributed by atoms with E-state index in [1.54, 1.807) is 0 Å². The molecule has 0 aliphatic carbocycles. The van der Waals surface area contributed by atoms with Crippen LogP contribution in [0.3, 0.4) is 0 Å². The lowest BCUT2D eigenvalue weighted by Crippen LogP contribution is -2.43. The van der Waals surface area contributed by atoms with Gasteiger partial charge in [-0.15, -0.1) is 12.4 Å². The summed E-state index contributed by atoms with van der Waals surface area (Å²) in [6, 6.07) is 9.41. The molecule has 1 aromatic carbocycles. The van der Waals surface area contributed by atoms with Gasteiger partial charge in [0.2, 0.25) is 0 Å². The van der Waals surface area contributed by atoms with E-state index >= 15 is 0 Å². The molecule has 5 nitrogen and oxygen atoms in total. The summed E-state index contributed by atoms with van der Waals surface area (Å²) in [7, 11) is 0. The van der Waals surface area contributed by atoms with E-state index < -0.39 is 0 Å². The number of ether oxygens (including phenoxy) is 2. The third-order valence-corrected chi connectivity index (χ3v) is 3.60. The maximum Gasteiger partial charge on any atom is 0.260 e. The van der Waals surface area contributed by atoms with E-state index in [-0.39, 0.29) is 31.0 Å². The van der Waals surface area contributed by atoms with Crippen molar-refractivity contribution in [3.8, 4) is 5.75 Å². The van der Waals surface area contributed by atoms with Crippen LogP contribution in [0.2, 0.25) is 0 Å². The first-order valence-corrected chi connectivity index (χ1v) is 7.57. The number of para-hydroxylation sites is 1. The van der Waals surface area contributed by atoms with Gasteiger partial charge in [0.05, 0.1) is 6.10 Å². The molecule has 1 aliphatic heterocycles. The lowest BCUT2D eigenvalue weighted by Gasteiger charge is -2.31. The van der Waals surface area contributed by atoms with Crippen LogP contribution in [0.4, 0.5) is 0 Å². The van der Waals surface area contributed by atoms with Crippen LogP contribution in [0.25, 0.3) is 0 Å². The number of carbonyl (C=O) groups excluding carboxylic acids is 1. The minimum Gasteiger partial charge on any atom is -0.484 e. The molecule has 1 saturated heterocycles. The summed E-state index contributed by atoms with van der Waals surface area (Å²) in [5.41, 5.74) is 5.44. The number of benzene rings is 1. The van der Waals surface area contributed by atoms with Gasteiger partial charge in [0.1, 0.15) is 5.75 Å². The molecule has 0 bridgehead atoms. The molecule has 1 aromatic rings. The van der Waals surface area contributed by atoms with Crippen LogP contribution in [0.1, 0.15) is 19.3 Å². The second kappa shape index (κ2) is 10.4. The zero-order valence-electron chi connectivity index (χ0n) is 12.8. The Morgan fingerprint density at radius 3 is 2.55 bits per heavy atom. The molecule has 0 radical (unpaired) electrons. The minimum absolute atomic E-state index is 0. The Hall–Kier alpha value is -1.30. The molecule has 1 fully saturated rings. The fourth-order valence-corrected chi connectivity index (χ4v) is 2.36. The van der Waals surface area contributed by atoms with Gasteiger partial charge in [-0.25, -0.2) is 0 Å². The largest absolute Gasteiger partial charge is 0.484 e. The van der Waals surface area contributed by atoms with Crippen LogP contribution in [0.5, 0.6) is 5.75 Å². The first-order valence-electron chi connectivity index (χ1n) is 7.57. The van der Waals surface area contributed by atoms with Gasteiger partial charge >= 0.3 is 0 Å². The summed E-state index contributed by atoms with van der Waals surface area (Å²) >= 11 is 0.